The normalized spacial score (nSPS) is 12.8. The first-order valence-electron chi connectivity index (χ1n) is 4.10. The van der Waals surface area contributed by atoms with Crippen LogP contribution < -0.4 is 0 Å². The van der Waals surface area contributed by atoms with Gasteiger partial charge in [-0.3, -0.25) is 0 Å². The van der Waals surface area contributed by atoms with Crippen LogP contribution in [0.4, 0.5) is 0 Å². The number of hydrogen-bond acceptors (Lipinski definition) is 1. The summed E-state index contributed by atoms with van der Waals surface area (Å²) in [5.74, 6) is 0. The minimum Gasteiger partial charge on any atom is -0.674 e. The number of nitrogens with one attached hydrogen (secondary N) is 1. The van der Waals surface area contributed by atoms with Crippen LogP contribution >= 0.6 is 0 Å². The summed E-state index contributed by atoms with van der Waals surface area (Å²) in [5, 5.41) is 0. The van der Waals surface area contributed by atoms with Crippen molar-refractivity contribution in [2.24, 2.45) is 0 Å². The number of rotatable bonds is 5. The zero-order valence-corrected chi connectivity index (χ0v) is 10.1. The van der Waals surface area contributed by atoms with Gasteiger partial charge in [0.15, 0.2) is 0 Å². The molecule has 0 bridgehead atoms. The summed E-state index contributed by atoms with van der Waals surface area (Å²) in [6.07, 6.45) is 2.16. The van der Waals surface area contributed by atoms with Gasteiger partial charge in [-0.15, -0.1) is 6.04 Å². The molecule has 0 spiro atoms. The second-order valence-corrected chi connectivity index (χ2v) is 2.84. The van der Waals surface area contributed by atoms with E-state index < -0.39 is 0 Å². The summed E-state index contributed by atoms with van der Waals surface area (Å²) >= 11 is 0. The molecule has 1 radical (unpaired) electrons. The smallest absolute Gasteiger partial charge is 0 e. The molecule has 0 aliphatic rings. The van der Waals surface area contributed by atoms with E-state index in [4.69, 9.17) is 5.73 Å². The minimum absolute atomic E-state index is 0. The van der Waals surface area contributed by atoms with Gasteiger partial charge in [0.25, 0.3) is 0 Å². The van der Waals surface area contributed by atoms with Crippen molar-refractivity contribution in [3.63, 3.8) is 0 Å². The van der Waals surface area contributed by atoms with Crippen molar-refractivity contribution in [2.45, 2.75) is 32.7 Å². The van der Waals surface area contributed by atoms with E-state index in [0.29, 0.717) is 0 Å². The van der Waals surface area contributed by atoms with Gasteiger partial charge in [-0.1, -0.05) is 26.7 Å². The number of nitrogens with zero attached hydrogens (tertiary/aromatic N) is 1. The molecule has 0 saturated carbocycles. The van der Waals surface area contributed by atoms with E-state index in [9.17, 15) is 0 Å². The zero-order valence-electron chi connectivity index (χ0n) is 7.69. The maximum atomic E-state index is 7.56. The maximum Gasteiger partial charge on any atom is 0 e. The summed E-state index contributed by atoms with van der Waals surface area (Å²) in [6.45, 7) is 6.23. The molecule has 0 aliphatic carbocycles. The minimum atomic E-state index is 0. The third-order valence-corrected chi connectivity index (χ3v) is 1.71. The molecule has 0 heterocycles. The molecular weight excluding hydrogens is 316 g/mol. The number of likely N-dealkylation sites (N-methyl/N-ethyl adjacent to an activating group) is 1. The van der Waals surface area contributed by atoms with Crippen molar-refractivity contribution >= 4 is 0 Å². The van der Waals surface area contributed by atoms with E-state index in [-0.39, 0.29) is 26.1 Å². The molecule has 0 aromatic heterocycles. The van der Waals surface area contributed by atoms with Crippen molar-refractivity contribution < 1.29 is 20.1 Å². The van der Waals surface area contributed by atoms with E-state index in [1.165, 1.54) is 0 Å². The fourth-order valence-corrected chi connectivity index (χ4v) is 0.945. The molecule has 11 heavy (non-hydrogen) atoms. The van der Waals surface area contributed by atoms with Crippen LogP contribution in [0.15, 0.2) is 0 Å². The molecule has 0 saturated heterocycles. The maximum absolute atomic E-state index is 7.56. The van der Waals surface area contributed by atoms with Gasteiger partial charge in [0.05, 0.1) is 0 Å². The molecule has 0 amide bonds. The molecule has 0 rings (SSSR count). The standard InChI is InChI=1S/C8H19N2.Ir/c1-4-6-8(9)7-10(3)5-2;/h8-9H,4-7H2,1-3H3;/q-1;. The summed E-state index contributed by atoms with van der Waals surface area (Å²) in [6, 6.07) is 0.120. The third kappa shape index (κ3) is 8.48. The van der Waals surface area contributed by atoms with Gasteiger partial charge in [0.2, 0.25) is 0 Å². The molecule has 1 unspecified atom stereocenters. The van der Waals surface area contributed by atoms with Crippen LogP contribution in [0, 0.1) is 0 Å². The van der Waals surface area contributed by atoms with E-state index in [2.05, 4.69) is 25.8 Å². The third-order valence-electron chi connectivity index (χ3n) is 1.71. The summed E-state index contributed by atoms with van der Waals surface area (Å²) in [4.78, 5) is 2.19. The predicted molar refractivity (Wildman–Crippen MR) is 46.2 cm³/mol. The first-order valence-corrected chi connectivity index (χ1v) is 4.10. The van der Waals surface area contributed by atoms with Gasteiger partial charge in [-0.2, -0.15) is 0 Å². The van der Waals surface area contributed by atoms with Gasteiger partial charge < -0.3 is 10.6 Å². The fraction of sp³-hybridized carbons (Fsp3) is 1.00. The quantitative estimate of drug-likeness (QED) is 0.756. The van der Waals surface area contributed by atoms with Crippen LogP contribution in [0.3, 0.4) is 0 Å². The Morgan fingerprint density at radius 1 is 1.36 bits per heavy atom. The first kappa shape index (κ1) is 14.1. The Labute approximate surface area is 83.9 Å². The molecule has 3 heteroatoms. The van der Waals surface area contributed by atoms with E-state index in [1.807, 2.05) is 0 Å². The molecule has 0 aromatic rings. The van der Waals surface area contributed by atoms with Crippen molar-refractivity contribution in [2.75, 3.05) is 20.1 Å². The van der Waals surface area contributed by atoms with E-state index >= 15 is 0 Å². The Morgan fingerprint density at radius 3 is 2.27 bits per heavy atom. The Hall–Kier alpha value is 0.569. The SMILES string of the molecule is CCCC([NH-])CN(C)CC.[Ir]. The van der Waals surface area contributed by atoms with Crippen molar-refractivity contribution in [1.29, 1.82) is 0 Å². The van der Waals surface area contributed by atoms with Gasteiger partial charge in [0, 0.05) is 20.1 Å². The Balaban J connectivity index is 0. The van der Waals surface area contributed by atoms with Crippen LogP contribution in [-0.4, -0.2) is 31.1 Å². The van der Waals surface area contributed by atoms with Crippen LogP contribution in [0.2, 0.25) is 0 Å². The van der Waals surface area contributed by atoms with Gasteiger partial charge in [-0.05, 0) is 20.1 Å². The molecule has 2 nitrogen and oxygen atoms in total. The summed E-state index contributed by atoms with van der Waals surface area (Å²) < 4.78 is 0. The first-order chi connectivity index (χ1) is 4.70. The molecular formula is C8H19IrN2-. The zero-order chi connectivity index (χ0) is 7.98. The Morgan fingerprint density at radius 2 is 1.91 bits per heavy atom. The molecule has 0 aromatic carbocycles. The monoisotopic (exact) mass is 336 g/mol. The topological polar surface area (TPSA) is 27.0 Å². The van der Waals surface area contributed by atoms with Gasteiger partial charge in [-0.25, -0.2) is 0 Å². The molecule has 71 valence electrons. The van der Waals surface area contributed by atoms with Crippen molar-refractivity contribution in [3.8, 4) is 0 Å². The van der Waals surface area contributed by atoms with Crippen LogP contribution in [0.1, 0.15) is 26.7 Å². The molecule has 1 N–H and O–H groups in total. The van der Waals surface area contributed by atoms with Crippen LogP contribution in [-0.2, 0) is 20.1 Å². The number of hydrogen-bond donors (Lipinski definition) is 0. The average Bonchev–Trinajstić information content (AvgIpc) is 1.88. The second kappa shape index (κ2) is 8.66. The largest absolute Gasteiger partial charge is 0.674 e. The Bertz CT molecular complexity index is 78.5. The van der Waals surface area contributed by atoms with E-state index in [1.54, 1.807) is 0 Å². The van der Waals surface area contributed by atoms with Crippen molar-refractivity contribution in [3.05, 3.63) is 5.73 Å². The van der Waals surface area contributed by atoms with Crippen LogP contribution in [0.5, 0.6) is 0 Å². The van der Waals surface area contributed by atoms with Crippen molar-refractivity contribution in [1.82, 2.24) is 4.90 Å². The van der Waals surface area contributed by atoms with Gasteiger partial charge >= 0.3 is 0 Å². The summed E-state index contributed by atoms with van der Waals surface area (Å²) in [7, 11) is 2.07. The Kier molecular flexibility index (Phi) is 11.1. The average molecular weight is 335 g/mol. The van der Waals surface area contributed by atoms with E-state index in [0.717, 1.165) is 25.9 Å². The summed E-state index contributed by atoms with van der Waals surface area (Å²) in [5.41, 5.74) is 7.56. The van der Waals surface area contributed by atoms with Gasteiger partial charge in [0.1, 0.15) is 0 Å². The molecule has 0 fully saturated rings. The molecule has 0 aliphatic heterocycles. The fourth-order valence-electron chi connectivity index (χ4n) is 0.945. The predicted octanol–water partition coefficient (Wildman–Crippen LogP) is 2.16. The molecule has 1 atom stereocenters. The van der Waals surface area contributed by atoms with Crippen LogP contribution in [0.25, 0.3) is 5.73 Å². The second-order valence-electron chi connectivity index (χ2n) is 2.84.